The third-order valence-electron chi connectivity index (χ3n) is 3.37. The maximum atomic E-state index is 12.7. The van der Waals surface area contributed by atoms with E-state index in [0.717, 1.165) is 10.9 Å². The molecule has 0 saturated carbocycles. The maximum Gasteiger partial charge on any atom is 0.325 e. The van der Waals surface area contributed by atoms with Crippen LogP contribution in [-0.2, 0) is 16.6 Å². The summed E-state index contributed by atoms with van der Waals surface area (Å²) in [4.78, 5) is 25.7. The van der Waals surface area contributed by atoms with Crippen molar-refractivity contribution >= 4 is 22.8 Å². The molecule has 0 unspecified atom stereocenters. The zero-order chi connectivity index (χ0) is 15.6. The Hall–Kier alpha value is -2.37. The van der Waals surface area contributed by atoms with E-state index in [-0.39, 0.29) is 18.5 Å². The molecule has 6 heteroatoms. The number of hydrogen-bond acceptors (Lipinski definition) is 4. The first-order valence-electron chi connectivity index (χ1n) is 6.75. The molecule has 0 N–H and O–H groups in total. The van der Waals surface area contributed by atoms with Crippen molar-refractivity contribution in [1.29, 1.82) is 0 Å². The Morgan fingerprint density at radius 3 is 2.62 bits per heavy atom. The van der Waals surface area contributed by atoms with E-state index in [2.05, 4.69) is 9.84 Å². The van der Waals surface area contributed by atoms with Crippen LogP contribution in [0.1, 0.15) is 24.3 Å². The molecule has 1 aromatic heterocycles. The number of fused-ring (bicyclic) bond motifs is 1. The first-order chi connectivity index (χ1) is 9.95. The molecule has 0 bridgehead atoms. The van der Waals surface area contributed by atoms with Crippen LogP contribution < -0.4 is 0 Å². The molecule has 21 heavy (non-hydrogen) atoms. The number of methoxy groups -OCH3 is 1. The second-order valence-electron chi connectivity index (χ2n) is 5.09. The average Bonchev–Trinajstić information content (AvgIpc) is 2.81. The molecule has 0 aliphatic carbocycles. The van der Waals surface area contributed by atoms with E-state index in [4.69, 9.17) is 0 Å². The van der Waals surface area contributed by atoms with Gasteiger partial charge in [-0.05, 0) is 19.9 Å². The summed E-state index contributed by atoms with van der Waals surface area (Å²) in [6.45, 7) is 3.62. The van der Waals surface area contributed by atoms with Crippen molar-refractivity contribution < 1.29 is 14.3 Å². The molecule has 1 heterocycles. The van der Waals surface area contributed by atoms with Crippen molar-refractivity contribution in [1.82, 2.24) is 14.7 Å². The van der Waals surface area contributed by atoms with Crippen LogP contribution in [0, 0.1) is 0 Å². The van der Waals surface area contributed by atoms with Gasteiger partial charge in [-0.1, -0.05) is 18.2 Å². The minimum atomic E-state index is -0.447. The number of carbonyl (C=O) groups excluding carboxylic acids is 2. The molecule has 0 aliphatic rings. The van der Waals surface area contributed by atoms with Gasteiger partial charge in [0.15, 0.2) is 5.69 Å². The smallest absolute Gasteiger partial charge is 0.325 e. The fourth-order valence-electron chi connectivity index (χ4n) is 2.20. The highest BCUT2D eigenvalue weighted by molar-refractivity contribution is 6.05. The third-order valence-corrected chi connectivity index (χ3v) is 3.37. The molecule has 2 rings (SSSR count). The van der Waals surface area contributed by atoms with Crippen molar-refractivity contribution in [3.8, 4) is 0 Å². The van der Waals surface area contributed by atoms with Crippen LogP contribution in [0.15, 0.2) is 24.3 Å². The van der Waals surface area contributed by atoms with E-state index < -0.39 is 5.97 Å². The zero-order valence-corrected chi connectivity index (χ0v) is 12.7. The number of esters is 1. The van der Waals surface area contributed by atoms with E-state index >= 15 is 0 Å². The summed E-state index contributed by atoms with van der Waals surface area (Å²) in [5.41, 5.74) is 1.23. The van der Waals surface area contributed by atoms with Crippen LogP contribution >= 0.6 is 0 Å². The second kappa shape index (κ2) is 5.95. The Morgan fingerprint density at radius 2 is 2.00 bits per heavy atom. The summed E-state index contributed by atoms with van der Waals surface area (Å²) in [5, 5.41) is 5.08. The largest absolute Gasteiger partial charge is 0.468 e. The van der Waals surface area contributed by atoms with Crippen LogP contribution in [0.5, 0.6) is 0 Å². The van der Waals surface area contributed by atoms with Crippen molar-refractivity contribution in [2.24, 2.45) is 7.05 Å². The molecule has 112 valence electrons. The number of amides is 1. The predicted molar refractivity (Wildman–Crippen MR) is 78.9 cm³/mol. The van der Waals surface area contributed by atoms with Gasteiger partial charge in [0, 0.05) is 18.5 Å². The molecule has 0 saturated heterocycles. The van der Waals surface area contributed by atoms with Gasteiger partial charge in [0.25, 0.3) is 5.91 Å². The summed E-state index contributed by atoms with van der Waals surface area (Å²) in [5.74, 6) is -0.718. The maximum absolute atomic E-state index is 12.7. The van der Waals surface area contributed by atoms with Crippen molar-refractivity contribution in [2.45, 2.75) is 19.9 Å². The van der Waals surface area contributed by atoms with Gasteiger partial charge in [0.05, 0.1) is 12.6 Å². The van der Waals surface area contributed by atoms with Crippen LogP contribution in [-0.4, -0.2) is 46.3 Å². The molecule has 0 spiro atoms. The van der Waals surface area contributed by atoms with E-state index in [0.29, 0.717) is 5.69 Å². The summed E-state index contributed by atoms with van der Waals surface area (Å²) >= 11 is 0. The van der Waals surface area contributed by atoms with E-state index in [1.807, 2.05) is 38.1 Å². The third kappa shape index (κ3) is 2.89. The lowest BCUT2D eigenvalue weighted by molar-refractivity contribution is -0.141. The molecule has 2 aromatic rings. The Labute approximate surface area is 123 Å². The molecule has 1 amide bonds. The lowest BCUT2D eigenvalue weighted by Crippen LogP contribution is -2.41. The number of hydrogen-bond donors (Lipinski definition) is 0. The second-order valence-corrected chi connectivity index (χ2v) is 5.09. The topological polar surface area (TPSA) is 64.4 Å². The predicted octanol–water partition coefficient (Wildman–Crippen LogP) is 1.60. The summed E-state index contributed by atoms with van der Waals surface area (Å²) < 4.78 is 6.32. The van der Waals surface area contributed by atoms with Crippen molar-refractivity contribution in [2.75, 3.05) is 13.7 Å². The van der Waals surface area contributed by atoms with Gasteiger partial charge in [-0.25, -0.2) is 0 Å². The molecular formula is C15H19N3O3. The molecule has 6 nitrogen and oxygen atoms in total. The van der Waals surface area contributed by atoms with Gasteiger partial charge < -0.3 is 9.64 Å². The Morgan fingerprint density at radius 1 is 1.33 bits per heavy atom. The number of aryl methyl sites for hydroxylation is 1. The fourth-order valence-corrected chi connectivity index (χ4v) is 2.20. The van der Waals surface area contributed by atoms with Gasteiger partial charge in [0.2, 0.25) is 0 Å². The summed E-state index contributed by atoms with van der Waals surface area (Å²) in [7, 11) is 3.10. The van der Waals surface area contributed by atoms with Gasteiger partial charge in [-0.3, -0.25) is 14.3 Å². The number of aromatic nitrogens is 2. The van der Waals surface area contributed by atoms with Crippen molar-refractivity contribution in [3.05, 3.63) is 30.0 Å². The SMILES string of the molecule is COC(=O)CN(C(=O)c1nn(C)c2ccccc12)C(C)C. The Bertz CT molecular complexity index is 676. The molecule has 0 atom stereocenters. The highest BCUT2D eigenvalue weighted by atomic mass is 16.5. The van der Waals surface area contributed by atoms with Crippen LogP contribution in [0.2, 0.25) is 0 Å². The van der Waals surface area contributed by atoms with E-state index in [1.165, 1.54) is 12.0 Å². The van der Waals surface area contributed by atoms with Gasteiger partial charge >= 0.3 is 5.97 Å². The first kappa shape index (κ1) is 15.0. The monoisotopic (exact) mass is 289 g/mol. The fraction of sp³-hybridized carbons (Fsp3) is 0.400. The lowest BCUT2D eigenvalue weighted by Gasteiger charge is -2.24. The molecule has 0 fully saturated rings. The number of ether oxygens (including phenoxy) is 1. The van der Waals surface area contributed by atoms with Crippen molar-refractivity contribution in [3.63, 3.8) is 0 Å². The van der Waals surface area contributed by atoms with Gasteiger partial charge in [0.1, 0.15) is 6.54 Å². The molecule has 0 aliphatic heterocycles. The Balaban J connectivity index is 2.41. The number of carbonyl (C=O) groups is 2. The van der Waals surface area contributed by atoms with Crippen LogP contribution in [0.4, 0.5) is 0 Å². The van der Waals surface area contributed by atoms with E-state index in [9.17, 15) is 9.59 Å². The lowest BCUT2D eigenvalue weighted by atomic mass is 10.2. The number of para-hydroxylation sites is 1. The van der Waals surface area contributed by atoms with E-state index in [1.54, 1.807) is 11.7 Å². The quantitative estimate of drug-likeness (QED) is 0.802. The van der Waals surface area contributed by atoms with Gasteiger partial charge in [-0.15, -0.1) is 0 Å². The van der Waals surface area contributed by atoms with Crippen LogP contribution in [0.3, 0.4) is 0 Å². The average molecular weight is 289 g/mol. The molecule has 1 aromatic carbocycles. The zero-order valence-electron chi connectivity index (χ0n) is 12.7. The minimum absolute atomic E-state index is 0.0854. The standard InChI is InChI=1S/C15H19N3O3/c1-10(2)18(9-13(19)21-4)15(20)14-11-7-5-6-8-12(11)17(3)16-14/h5-8,10H,9H2,1-4H3. The highest BCUT2D eigenvalue weighted by Crippen LogP contribution is 2.19. The number of nitrogens with zero attached hydrogens (tertiary/aromatic N) is 3. The normalized spacial score (nSPS) is 10.9. The minimum Gasteiger partial charge on any atom is -0.468 e. The number of rotatable bonds is 4. The van der Waals surface area contributed by atoms with Crippen LogP contribution in [0.25, 0.3) is 10.9 Å². The van der Waals surface area contributed by atoms with Gasteiger partial charge in [-0.2, -0.15) is 5.10 Å². The summed E-state index contributed by atoms with van der Waals surface area (Å²) in [6.07, 6.45) is 0. The highest BCUT2D eigenvalue weighted by Gasteiger charge is 2.26. The molecule has 0 radical (unpaired) electrons. The summed E-state index contributed by atoms with van der Waals surface area (Å²) in [6, 6.07) is 7.39. The first-order valence-corrected chi connectivity index (χ1v) is 6.75. The Kier molecular flexibility index (Phi) is 4.26. The number of benzene rings is 1. The molecular weight excluding hydrogens is 270 g/mol.